The Hall–Kier alpha value is -0.870. The van der Waals surface area contributed by atoms with Crippen molar-refractivity contribution < 1.29 is 0 Å². The number of nitrogens with zero attached hydrogens (tertiary/aromatic N) is 3. The molecule has 0 bridgehead atoms. The highest BCUT2D eigenvalue weighted by atomic mass is 15.2. The molecule has 2 fully saturated rings. The zero-order chi connectivity index (χ0) is 13.2. The van der Waals surface area contributed by atoms with Gasteiger partial charge in [-0.25, -0.2) is 4.98 Å². The van der Waals surface area contributed by atoms with E-state index in [1.807, 2.05) is 6.20 Å². The quantitative estimate of drug-likeness (QED) is 0.876. The molecule has 2 unspecified atom stereocenters. The molecule has 1 aliphatic heterocycles. The molecule has 0 radical (unpaired) electrons. The maximum absolute atomic E-state index is 4.30. The van der Waals surface area contributed by atoms with Gasteiger partial charge < -0.3 is 9.88 Å². The molecule has 1 aromatic rings. The van der Waals surface area contributed by atoms with E-state index in [0.717, 1.165) is 30.9 Å². The molecule has 3 rings (SSSR count). The molecular formula is C15H26N4. The molecule has 1 saturated heterocycles. The molecule has 1 saturated carbocycles. The van der Waals surface area contributed by atoms with E-state index >= 15 is 0 Å². The number of imidazole rings is 1. The van der Waals surface area contributed by atoms with Gasteiger partial charge >= 0.3 is 0 Å². The highest BCUT2D eigenvalue weighted by Crippen LogP contribution is 2.34. The van der Waals surface area contributed by atoms with Gasteiger partial charge in [-0.15, -0.1) is 0 Å². The van der Waals surface area contributed by atoms with Crippen LogP contribution in [0.4, 0.5) is 0 Å². The van der Waals surface area contributed by atoms with Crippen LogP contribution in [0.15, 0.2) is 12.4 Å². The molecule has 2 heterocycles. The SMILES string of the molecule is CCC1CNC(C2CC2)CN1CCn1ccnc1C. The van der Waals surface area contributed by atoms with Crippen LogP contribution in [0.1, 0.15) is 32.0 Å². The highest BCUT2D eigenvalue weighted by molar-refractivity contribution is 4.95. The van der Waals surface area contributed by atoms with E-state index in [1.165, 1.54) is 32.4 Å². The Kier molecular flexibility index (Phi) is 3.89. The van der Waals surface area contributed by atoms with E-state index in [9.17, 15) is 0 Å². The monoisotopic (exact) mass is 262 g/mol. The van der Waals surface area contributed by atoms with Crippen molar-refractivity contribution in [3.05, 3.63) is 18.2 Å². The molecule has 1 aromatic heterocycles. The first-order valence-corrected chi connectivity index (χ1v) is 7.73. The Bertz CT molecular complexity index is 410. The fraction of sp³-hybridized carbons (Fsp3) is 0.800. The van der Waals surface area contributed by atoms with E-state index in [2.05, 4.69) is 39.8 Å². The molecule has 0 aromatic carbocycles. The van der Waals surface area contributed by atoms with Gasteiger partial charge in [-0.05, 0) is 32.1 Å². The van der Waals surface area contributed by atoms with Gasteiger partial charge in [-0.3, -0.25) is 4.90 Å². The highest BCUT2D eigenvalue weighted by Gasteiger charge is 2.36. The Balaban J connectivity index is 1.57. The zero-order valence-corrected chi connectivity index (χ0v) is 12.2. The molecule has 2 aliphatic rings. The maximum Gasteiger partial charge on any atom is 0.105 e. The molecule has 19 heavy (non-hydrogen) atoms. The topological polar surface area (TPSA) is 33.1 Å². The summed E-state index contributed by atoms with van der Waals surface area (Å²) in [6.07, 6.45) is 8.10. The van der Waals surface area contributed by atoms with Gasteiger partial charge in [0, 0.05) is 50.7 Å². The third-order valence-electron chi connectivity index (χ3n) is 4.78. The Morgan fingerprint density at radius 1 is 1.37 bits per heavy atom. The number of piperazine rings is 1. The minimum Gasteiger partial charge on any atom is -0.334 e. The average molecular weight is 262 g/mol. The molecule has 1 N–H and O–H groups in total. The van der Waals surface area contributed by atoms with E-state index < -0.39 is 0 Å². The van der Waals surface area contributed by atoms with Crippen molar-refractivity contribution >= 4 is 0 Å². The first-order chi connectivity index (χ1) is 9.28. The molecule has 4 nitrogen and oxygen atoms in total. The fourth-order valence-electron chi connectivity index (χ4n) is 3.25. The van der Waals surface area contributed by atoms with Gasteiger partial charge in [-0.1, -0.05) is 6.92 Å². The summed E-state index contributed by atoms with van der Waals surface area (Å²) in [5.74, 6) is 2.08. The summed E-state index contributed by atoms with van der Waals surface area (Å²) in [5, 5.41) is 3.76. The summed E-state index contributed by atoms with van der Waals surface area (Å²) in [6, 6.07) is 1.45. The second-order valence-electron chi connectivity index (χ2n) is 6.08. The molecule has 4 heteroatoms. The van der Waals surface area contributed by atoms with E-state index in [1.54, 1.807) is 0 Å². The molecular weight excluding hydrogens is 236 g/mol. The van der Waals surface area contributed by atoms with E-state index in [-0.39, 0.29) is 0 Å². The minimum atomic E-state index is 0.707. The van der Waals surface area contributed by atoms with Crippen LogP contribution in [-0.4, -0.2) is 46.2 Å². The van der Waals surface area contributed by atoms with Gasteiger partial charge in [-0.2, -0.15) is 0 Å². The second kappa shape index (κ2) is 5.63. The van der Waals surface area contributed by atoms with Gasteiger partial charge in [0.1, 0.15) is 5.82 Å². The van der Waals surface area contributed by atoms with Crippen LogP contribution >= 0.6 is 0 Å². The lowest BCUT2D eigenvalue weighted by molar-refractivity contribution is 0.114. The number of hydrogen-bond donors (Lipinski definition) is 1. The molecule has 0 spiro atoms. The van der Waals surface area contributed by atoms with Crippen molar-refractivity contribution in [2.45, 2.75) is 51.7 Å². The van der Waals surface area contributed by atoms with Crippen molar-refractivity contribution in [2.24, 2.45) is 5.92 Å². The molecule has 1 aliphatic carbocycles. The summed E-state index contributed by atoms with van der Waals surface area (Å²) >= 11 is 0. The van der Waals surface area contributed by atoms with Crippen LogP contribution in [0.5, 0.6) is 0 Å². The number of aromatic nitrogens is 2. The number of hydrogen-bond acceptors (Lipinski definition) is 3. The summed E-state index contributed by atoms with van der Waals surface area (Å²) in [7, 11) is 0. The average Bonchev–Trinajstić information content (AvgIpc) is 3.20. The molecule has 2 atom stereocenters. The van der Waals surface area contributed by atoms with Crippen LogP contribution in [-0.2, 0) is 6.54 Å². The number of nitrogens with one attached hydrogen (secondary N) is 1. The normalized spacial score (nSPS) is 28.7. The van der Waals surface area contributed by atoms with Crippen LogP contribution in [0.2, 0.25) is 0 Å². The Morgan fingerprint density at radius 3 is 2.84 bits per heavy atom. The summed E-state index contributed by atoms with van der Waals surface area (Å²) < 4.78 is 2.26. The van der Waals surface area contributed by atoms with Crippen LogP contribution in [0.3, 0.4) is 0 Å². The Labute approximate surface area is 116 Å². The van der Waals surface area contributed by atoms with Crippen LogP contribution < -0.4 is 5.32 Å². The smallest absolute Gasteiger partial charge is 0.105 e. The van der Waals surface area contributed by atoms with Crippen LogP contribution in [0, 0.1) is 12.8 Å². The second-order valence-corrected chi connectivity index (χ2v) is 6.08. The first-order valence-electron chi connectivity index (χ1n) is 7.73. The maximum atomic E-state index is 4.30. The van der Waals surface area contributed by atoms with Crippen molar-refractivity contribution in [1.82, 2.24) is 19.8 Å². The summed E-state index contributed by atoms with van der Waals surface area (Å²) in [6.45, 7) is 9.01. The van der Waals surface area contributed by atoms with Crippen molar-refractivity contribution in [1.29, 1.82) is 0 Å². The van der Waals surface area contributed by atoms with Gasteiger partial charge in [0.25, 0.3) is 0 Å². The lowest BCUT2D eigenvalue weighted by Crippen LogP contribution is -2.57. The molecule has 0 amide bonds. The predicted molar refractivity (Wildman–Crippen MR) is 77.1 cm³/mol. The lowest BCUT2D eigenvalue weighted by atomic mass is 10.0. The van der Waals surface area contributed by atoms with Crippen molar-refractivity contribution in [2.75, 3.05) is 19.6 Å². The number of aryl methyl sites for hydroxylation is 1. The summed E-state index contributed by atoms with van der Waals surface area (Å²) in [4.78, 5) is 7.00. The van der Waals surface area contributed by atoms with E-state index in [4.69, 9.17) is 0 Å². The first kappa shape index (κ1) is 13.1. The van der Waals surface area contributed by atoms with Gasteiger partial charge in [0.05, 0.1) is 0 Å². The van der Waals surface area contributed by atoms with Crippen LogP contribution in [0.25, 0.3) is 0 Å². The van der Waals surface area contributed by atoms with E-state index in [0.29, 0.717) is 6.04 Å². The molecule has 106 valence electrons. The third-order valence-corrected chi connectivity index (χ3v) is 4.78. The minimum absolute atomic E-state index is 0.707. The fourth-order valence-corrected chi connectivity index (χ4v) is 3.25. The Morgan fingerprint density at radius 2 is 2.21 bits per heavy atom. The van der Waals surface area contributed by atoms with Crippen molar-refractivity contribution in [3.8, 4) is 0 Å². The van der Waals surface area contributed by atoms with Crippen molar-refractivity contribution in [3.63, 3.8) is 0 Å². The standard InChI is InChI=1S/C15H26N4/c1-3-14-10-17-15(13-4-5-13)11-19(14)9-8-18-7-6-16-12(18)2/h6-7,13-15,17H,3-5,8-11H2,1-2H3. The predicted octanol–water partition coefficient (Wildman–Crippen LogP) is 1.65. The van der Waals surface area contributed by atoms with Gasteiger partial charge in [0.15, 0.2) is 0 Å². The number of rotatable bonds is 5. The zero-order valence-electron chi connectivity index (χ0n) is 12.2. The summed E-state index contributed by atoms with van der Waals surface area (Å²) in [5.41, 5.74) is 0. The third kappa shape index (κ3) is 3.00. The lowest BCUT2D eigenvalue weighted by Gasteiger charge is -2.40. The van der Waals surface area contributed by atoms with Gasteiger partial charge in [0.2, 0.25) is 0 Å². The largest absolute Gasteiger partial charge is 0.334 e.